The Morgan fingerprint density at radius 1 is 1.47 bits per heavy atom. The Hall–Kier alpha value is -1.39. The first-order chi connectivity index (χ1) is 8.24. The summed E-state index contributed by atoms with van der Waals surface area (Å²) in [5, 5.41) is 1.02. The summed E-state index contributed by atoms with van der Waals surface area (Å²) >= 11 is 1.65. The molecule has 0 amide bonds. The molecule has 3 rings (SSSR count). The van der Waals surface area contributed by atoms with Crippen LogP contribution in [0, 0.1) is 0 Å². The van der Waals surface area contributed by atoms with Crippen molar-refractivity contribution >= 4 is 11.3 Å². The van der Waals surface area contributed by atoms with Crippen LogP contribution in [0.5, 0.6) is 5.75 Å². The number of rotatable bonds is 2. The number of thiazole rings is 1. The molecule has 1 aromatic heterocycles. The van der Waals surface area contributed by atoms with Gasteiger partial charge in [0, 0.05) is 23.5 Å². The van der Waals surface area contributed by atoms with Gasteiger partial charge in [0.15, 0.2) is 6.10 Å². The summed E-state index contributed by atoms with van der Waals surface area (Å²) in [6.45, 7) is 1.97. The number of fused-ring (bicyclic) bond motifs is 1. The van der Waals surface area contributed by atoms with E-state index in [1.807, 2.05) is 31.3 Å². The van der Waals surface area contributed by atoms with Crippen LogP contribution >= 0.6 is 11.3 Å². The highest BCUT2D eigenvalue weighted by Crippen LogP contribution is 2.38. The van der Waals surface area contributed by atoms with E-state index in [0.717, 1.165) is 22.1 Å². The largest absolute Gasteiger partial charge is 0.483 e. The van der Waals surface area contributed by atoms with Crippen molar-refractivity contribution in [2.24, 2.45) is 5.73 Å². The third kappa shape index (κ3) is 1.94. The number of para-hydroxylation sites is 1. The second-order valence-electron chi connectivity index (χ2n) is 4.31. The van der Waals surface area contributed by atoms with Crippen molar-refractivity contribution in [1.82, 2.24) is 4.98 Å². The fraction of sp³-hybridized carbons (Fsp3) is 0.308. The third-order valence-electron chi connectivity index (χ3n) is 2.91. The summed E-state index contributed by atoms with van der Waals surface area (Å²) in [7, 11) is 0. The maximum absolute atomic E-state index is 5.89. The van der Waals surface area contributed by atoms with Crippen LogP contribution in [0.1, 0.15) is 34.5 Å². The predicted molar refractivity (Wildman–Crippen MR) is 68.2 cm³/mol. The van der Waals surface area contributed by atoms with Crippen LogP contribution in [-0.4, -0.2) is 4.98 Å². The van der Waals surface area contributed by atoms with E-state index < -0.39 is 0 Å². The van der Waals surface area contributed by atoms with Crippen LogP contribution in [0.2, 0.25) is 0 Å². The Labute approximate surface area is 104 Å². The van der Waals surface area contributed by atoms with Crippen molar-refractivity contribution < 1.29 is 4.74 Å². The molecule has 2 heterocycles. The summed E-state index contributed by atoms with van der Waals surface area (Å²) in [5.74, 6) is 0.982. The van der Waals surface area contributed by atoms with Gasteiger partial charge in [-0.25, -0.2) is 4.98 Å². The van der Waals surface area contributed by atoms with Crippen LogP contribution < -0.4 is 10.5 Å². The number of nitrogens with zero attached hydrogens (tertiary/aromatic N) is 1. The number of aromatic nitrogens is 1. The average Bonchev–Trinajstić information content (AvgIpc) is 2.95. The predicted octanol–water partition coefficient (Wildman–Crippen LogP) is 2.84. The zero-order valence-electron chi connectivity index (χ0n) is 9.59. The van der Waals surface area contributed by atoms with E-state index in [4.69, 9.17) is 10.5 Å². The van der Waals surface area contributed by atoms with Gasteiger partial charge in [0.05, 0.1) is 0 Å². The monoisotopic (exact) mass is 246 g/mol. The van der Waals surface area contributed by atoms with Gasteiger partial charge in [-0.3, -0.25) is 0 Å². The van der Waals surface area contributed by atoms with Crippen LogP contribution in [0.15, 0.2) is 30.5 Å². The molecule has 2 unspecified atom stereocenters. The molecule has 0 saturated carbocycles. The van der Waals surface area contributed by atoms with E-state index in [0.29, 0.717) is 0 Å². The Morgan fingerprint density at radius 2 is 2.29 bits per heavy atom. The highest BCUT2D eigenvalue weighted by Gasteiger charge is 2.26. The first-order valence-electron chi connectivity index (χ1n) is 5.70. The van der Waals surface area contributed by atoms with E-state index in [9.17, 15) is 0 Å². The highest BCUT2D eigenvalue weighted by molar-refractivity contribution is 7.11. The molecule has 0 saturated heterocycles. The summed E-state index contributed by atoms with van der Waals surface area (Å²) in [4.78, 5) is 5.53. The standard InChI is InChI=1S/C13H14N2OS/c1-8(14)12-7-15-13(17-12)11-6-9-4-2-3-5-10(9)16-11/h2-5,7-8,11H,6,14H2,1H3. The maximum Gasteiger partial charge on any atom is 0.154 e. The summed E-state index contributed by atoms with van der Waals surface area (Å²) in [6.07, 6.45) is 2.82. The minimum Gasteiger partial charge on any atom is -0.483 e. The molecule has 0 fully saturated rings. The van der Waals surface area contributed by atoms with E-state index in [2.05, 4.69) is 11.1 Å². The summed E-state index contributed by atoms with van der Waals surface area (Å²) in [5.41, 5.74) is 7.10. The lowest BCUT2D eigenvalue weighted by atomic mass is 10.1. The lowest BCUT2D eigenvalue weighted by Crippen LogP contribution is -2.02. The number of hydrogen-bond acceptors (Lipinski definition) is 4. The Bertz CT molecular complexity index is 511. The van der Waals surface area contributed by atoms with Gasteiger partial charge in [-0.05, 0) is 18.6 Å². The number of nitrogens with two attached hydrogens (primary N) is 1. The lowest BCUT2D eigenvalue weighted by Gasteiger charge is -2.06. The van der Waals surface area contributed by atoms with E-state index in [1.165, 1.54) is 5.56 Å². The molecule has 3 nitrogen and oxygen atoms in total. The van der Waals surface area contributed by atoms with Gasteiger partial charge >= 0.3 is 0 Å². The molecule has 0 aliphatic carbocycles. The van der Waals surface area contributed by atoms with Crippen molar-refractivity contribution in [3.05, 3.63) is 45.9 Å². The second-order valence-corrected chi connectivity index (χ2v) is 5.40. The lowest BCUT2D eigenvalue weighted by molar-refractivity contribution is 0.238. The molecule has 2 aromatic rings. The van der Waals surface area contributed by atoms with Gasteiger partial charge in [-0.2, -0.15) is 0 Å². The Kier molecular flexibility index (Phi) is 2.61. The SMILES string of the molecule is CC(N)c1cnc(C2Cc3ccccc3O2)s1. The minimum atomic E-state index is 0.0463. The van der Waals surface area contributed by atoms with Crippen LogP contribution in [0.25, 0.3) is 0 Å². The normalized spacial score (nSPS) is 19.8. The topological polar surface area (TPSA) is 48.1 Å². The van der Waals surface area contributed by atoms with Crippen LogP contribution in [0.4, 0.5) is 0 Å². The van der Waals surface area contributed by atoms with Crippen molar-refractivity contribution in [3.63, 3.8) is 0 Å². The molecule has 4 heteroatoms. The van der Waals surface area contributed by atoms with Gasteiger partial charge < -0.3 is 10.5 Å². The number of hydrogen-bond donors (Lipinski definition) is 1. The van der Waals surface area contributed by atoms with E-state index in [1.54, 1.807) is 11.3 Å². The molecule has 0 radical (unpaired) electrons. The second kappa shape index (κ2) is 4.13. The summed E-state index contributed by atoms with van der Waals surface area (Å²) in [6, 6.07) is 8.20. The Balaban J connectivity index is 1.84. The third-order valence-corrected chi connectivity index (χ3v) is 4.20. The molecule has 2 atom stereocenters. The summed E-state index contributed by atoms with van der Waals surface area (Å²) < 4.78 is 5.89. The molecular weight excluding hydrogens is 232 g/mol. The fourth-order valence-corrected chi connectivity index (χ4v) is 2.88. The van der Waals surface area contributed by atoms with Crippen LogP contribution in [0.3, 0.4) is 0 Å². The van der Waals surface area contributed by atoms with Crippen LogP contribution in [-0.2, 0) is 6.42 Å². The minimum absolute atomic E-state index is 0.0463. The van der Waals surface area contributed by atoms with Crippen molar-refractivity contribution in [2.45, 2.75) is 25.5 Å². The fourth-order valence-electron chi connectivity index (χ4n) is 1.98. The zero-order valence-corrected chi connectivity index (χ0v) is 10.4. The molecule has 2 N–H and O–H groups in total. The van der Waals surface area contributed by atoms with E-state index >= 15 is 0 Å². The van der Waals surface area contributed by atoms with Gasteiger partial charge in [0.25, 0.3) is 0 Å². The zero-order chi connectivity index (χ0) is 11.8. The molecule has 1 aromatic carbocycles. The number of ether oxygens (including phenoxy) is 1. The quantitative estimate of drug-likeness (QED) is 0.886. The molecule has 1 aliphatic rings. The first-order valence-corrected chi connectivity index (χ1v) is 6.51. The van der Waals surface area contributed by atoms with Crippen molar-refractivity contribution in [3.8, 4) is 5.75 Å². The maximum atomic E-state index is 5.89. The average molecular weight is 246 g/mol. The molecule has 17 heavy (non-hydrogen) atoms. The van der Waals surface area contributed by atoms with Gasteiger partial charge in [0.2, 0.25) is 0 Å². The number of benzene rings is 1. The van der Waals surface area contributed by atoms with Gasteiger partial charge in [0.1, 0.15) is 10.8 Å². The molecular formula is C13H14N2OS. The molecule has 88 valence electrons. The van der Waals surface area contributed by atoms with Crippen molar-refractivity contribution in [2.75, 3.05) is 0 Å². The van der Waals surface area contributed by atoms with Gasteiger partial charge in [-0.1, -0.05) is 18.2 Å². The molecule has 0 spiro atoms. The Morgan fingerprint density at radius 3 is 3.00 bits per heavy atom. The van der Waals surface area contributed by atoms with E-state index in [-0.39, 0.29) is 12.1 Å². The van der Waals surface area contributed by atoms with Gasteiger partial charge in [-0.15, -0.1) is 11.3 Å². The molecule has 0 bridgehead atoms. The highest BCUT2D eigenvalue weighted by atomic mass is 32.1. The first kappa shape index (κ1) is 10.7. The smallest absolute Gasteiger partial charge is 0.154 e. The van der Waals surface area contributed by atoms with Crippen molar-refractivity contribution in [1.29, 1.82) is 0 Å². The molecule has 1 aliphatic heterocycles.